The first-order valence-corrected chi connectivity index (χ1v) is 10.8. The molecule has 4 heterocycles. The Balaban J connectivity index is 1.57. The van der Waals surface area contributed by atoms with Crippen molar-refractivity contribution in [3.05, 3.63) is 65.1 Å². The predicted octanol–water partition coefficient (Wildman–Crippen LogP) is 3.04. The van der Waals surface area contributed by atoms with Gasteiger partial charge in [0.15, 0.2) is 0 Å². The fourth-order valence-electron chi connectivity index (χ4n) is 4.29. The molecule has 0 radical (unpaired) electrons. The van der Waals surface area contributed by atoms with Crippen LogP contribution in [0.3, 0.4) is 0 Å². The Labute approximate surface area is 177 Å². The second kappa shape index (κ2) is 7.28. The second-order valence-electron chi connectivity index (χ2n) is 7.54. The standard InChI is InChI=1S/C22H20N4O3S/c1-13-5-4-8-17(23-13)21-20-15(14-6-2-3-7-16(14)24-20)9-10-25(21)18(27)11-26-19(28)12-30-22(26)29/h2-8,21,24H,9-12H2,1H3. The molecule has 2 aromatic heterocycles. The highest BCUT2D eigenvalue weighted by Gasteiger charge is 2.38. The van der Waals surface area contributed by atoms with Gasteiger partial charge in [0, 0.05) is 28.8 Å². The summed E-state index contributed by atoms with van der Waals surface area (Å²) >= 11 is 0.941. The number of imide groups is 1. The first-order chi connectivity index (χ1) is 14.5. The molecule has 1 saturated heterocycles. The smallest absolute Gasteiger partial charge is 0.289 e. The lowest BCUT2D eigenvalue weighted by Gasteiger charge is -2.36. The fourth-order valence-corrected chi connectivity index (χ4v) is 5.02. The molecule has 7 nitrogen and oxygen atoms in total. The maximum Gasteiger partial charge on any atom is 0.289 e. The zero-order valence-electron chi connectivity index (χ0n) is 16.4. The largest absolute Gasteiger partial charge is 0.356 e. The van der Waals surface area contributed by atoms with Crippen LogP contribution in [0, 0.1) is 6.92 Å². The van der Waals surface area contributed by atoms with Crippen molar-refractivity contribution in [3.63, 3.8) is 0 Å². The summed E-state index contributed by atoms with van der Waals surface area (Å²) in [6.07, 6.45) is 0.698. The summed E-state index contributed by atoms with van der Waals surface area (Å²) in [7, 11) is 0. The third-order valence-corrected chi connectivity index (χ3v) is 6.54. The minimum absolute atomic E-state index is 0.0984. The van der Waals surface area contributed by atoms with E-state index in [-0.39, 0.29) is 29.4 Å². The number of fused-ring (bicyclic) bond motifs is 3. The SMILES string of the molecule is Cc1cccc(C2c3[nH]c4ccccc4c3CCN2C(=O)CN2C(=O)CSC2=O)n1. The number of H-pyrrole nitrogens is 1. The van der Waals surface area contributed by atoms with Crippen molar-refractivity contribution < 1.29 is 14.4 Å². The van der Waals surface area contributed by atoms with Crippen LogP contribution >= 0.6 is 11.8 Å². The molecule has 1 N–H and O–H groups in total. The van der Waals surface area contributed by atoms with Crippen LogP contribution in [0.2, 0.25) is 0 Å². The summed E-state index contributed by atoms with van der Waals surface area (Å²) in [5.74, 6) is -0.468. The second-order valence-corrected chi connectivity index (χ2v) is 8.47. The number of nitrogens with one attached hydrogen (secondary N) is 1. The molecule has 30 heavy (non-hydrogen) atoms. The zero-order chi connectivity index (χ0) is 20.8. The van der Waals surface area contributed by atoms with Gasteiger partial charge in [-0.05, 0) is 37.1 Å². The van der Waals surface area contributed by atoms with Gasteiger partial charge in [-0.25, -0.2) is 0 Å². The first-order valence-electron chi connectivity index (χ1n) is 9.82. The molecule has 0 saturated carbocycles. The number of aromatic nitrogens is 2. The highest BCUT2D eigenvalue weighted by Crippen LogP contribution is 2.38. The van der Waals surface area contributed by atoms with E-state index in [9.17, 15) is 14.4 Å². The molecule has 2 aliphatic rings. The molecule has 0 spiro atoms. The van der Waals surface area contributed by atoms with Crippen LogP contribution in [-0.2, 0) is 16.0 Å². The normalized spacial score (nSPS) is 18.9. The highest BCUT2D eigenvalue weighted by atomic mass is 32.2. The third kappa shape index (κ3) is 3.08. The van der Waals surface area contributed by atoms with Crippen molar-refractivity contribution >= 4 is 39.7 Å². The number of aromatic amines is 1. The molecule has 8 heteroatoms. The molecular weight excluding hydrogens is 400 g/mol. The highest BCUT2D eigenvalue weighted by molar-refractivity contribution is 8.14. The lowest BCUT2D eigenvalue weighted by atomic mass is 9.94. The van der Waals surface area contributed by atoms with Gasteiger partial charge in [-0.3, -0.25) is 24.3 Å². The number of benzene rings is 1. The molecule has 3 amide bonds. The van der Waals surface area contributed by atoms with E-state index in [1.54, 1.807) is 4.90 Å². The number of hydrogen-bond acceptors (Lipinski definition) is 5. The van der Waals surface area contributed by atoms with Crippen LogP contribution in [0.25, 0.3) is 10.9 Å². The van der Waals surface area contributed by atoms with Crippen LogP contribution in [0.15, 0.2) is 42.5 Å². The van der Waals surface area contributed by atoms with Gasteiger partial charge >= 0.3 is 0 Å². The Morgan fingerprint density at radius 2 is 2.03 bits per heavy atom. The molecule has 1 fully saturated rings. The lowest BCUT2D eigenvalue weighted by molar-refractivity contribution is -0.138. The van der Waals surface area contributed by atoms with Gasteiger partial charge in [-0.15, -0.1) is 0 Å². The molecule has 1 atom stereocenters. The molecule has 3 aromatic rings. The summed E-state index contributed by atoms with van der Waals surface area (Å²) in [6, 6.07) is 13.5. The lowest BCUT2D eigenvalue weighted by Crippen LogP contribution is -2.46. The van der Waals surface area contributed by atoms with E-state index in [4.69, 9.17) is 4.98 Å². The number of carbonyl (C=O) groups excluding carboxylic acids is 3. The molecular formula is C22H20N4O3S. The number of thioether (sulfide) groups is 1. The van der Waals surface area contributed by atoms with Crippen LogP contribution in [-0.4, -0.2) is 55.7 Å². The summed E-state index contributed by atoms with van der Waals surface area (Å²) in [6.45, 7) is 2.18. The Hall–Kier alpha value is -3.13. The Morgan fingerprint density at radius 3 is 2.80 bits per heavy atom. The average molecular weight is 420 g/mol. The Kier molecular flexibility index (Phi) is 4.58. The maximum atomic E-state index is 13.3. The van der Waals surface area contributed by atoms with Gasteiger partial charge in [0.05, 0.1) is 11.4 Å². The fraction of sp³-hybridized carbons (Fsp3) is 0.273. The number of nitrogens with zero attached hydrogens (tertiary/aromatic N) is 3. The van der Waals surface area contributed by atoms with E-state index in [2.05, 4.69) is 11.1 Å². The van der Waals surface area contributed by atoms with Gasteiger partial charge in [0.2, 0.25) is 11.8 Å². The summed E-state index contributed by atoms with van der Waals surface area (Å²) in [5, 5.41) is 0.792. The van der Waals surface area contributed by atoms with Crippen molar-refractivity contribution in [1.29, 1.82) is 0 Å². The molecule has 0 bridgehead atoms. The monoisotopic (exact) mass is 420 g/mol. The minimum atomic E-state index is -0.394. The molecule has 152 valence electrons. The molecule has 1 aromatic carbocycles. The van der Waals surface area contributed by atoms with E-state index in [0.717, 1.165) is 44.6 Å². The third-order valence-electron chi connectivity index (χ3n) is 5.68. The van der Waals surface area contributed by atoms with E-state index < -0.39 is 6.04 Å². The molecule has 0 aliphatic carbocycles. The zero-order valence-corrected chi connectivity index (χ0v) is 17.2. The maximum absolute atomic E-state index is 13.3. The number of amides is 3. The topological polar surface area (TPSA) is 86.4 Å². The Morgan fingerprint density at radius 1 is 1.20 bits per heavy atom. The number of aryl methyl sites for hydroxylation is 1. The number of rotatable bonds is 3. The quantitative estimate of drug-likeness (QED) is 0.704. The van der Waals surface area contributed by atoms with Crippen LogP contribution in [0.1, 0.15) is 28.7 Å². The minimum Gasteiger partial charge on any atom is -0.356 e. The van der Waals surface area contributed by atoms with E-state index >= 15 is 0 Å². The van der Waals surface area contributed by atoms with Crippen LogP contribution in [0.5, 0.6) is 0 Å². The summed E-state index contributed by atoms with van der Waals surface area (Å²) in [4.78, 5) is 48.3. The van der Waals surface area contributed by atoms with Gasteiger partial charge in [-0.1, -0.05) is 36.0 Å². The molecule has 1 unspecified atom stereocenters. The average Bonchev–Trinajstić information content (AvgIpc) is 3.27. The molecule has 5 rings (SSSR count). The first kappa shape index (κ1) is 18.9. The van der Waals surface area contributed by atoms with Crippen molar-refractivity contribution in [1.82, 2.24) is 19.8 Å². The van der Waals surface area contributed by atoms with Gasteiger partial charge in [0.25, 0.3) is 5.24 Å². The van der Waals surface area contributed by atoms with Gasteiger partial charge in [-0.2, -0.15) is 0 Å². The van der Waals surface area contributed by atoms with Crippen LogP contribution < -0.4 is 0 Å². The van der Waals surface area contributed by atoms with Gasteiger partial charge < -0.3 is 9.88 Å². The van der Waals surface area contributed by atoms with Crippen molar-refractivity contribution in [2.45, 2.75) is 19.4 Å². The summed E-state index contributed by atoms with van der Waals surface area (Å²) in [5.41, 5.74) is 4.79. The number of pyridine rings is 1. The van der Waals surface area contributed by atoms with E-state index in [0.29, 0.717) is 13.0 Å². The number of para-hydroxylation sites is 1. The van der Waals surface area contributed by atoms with E-state index in [1.165, 1.54) is 5.56 Å². The number of carbonyl (C=O) groups is 3. The van der Waals surface area contributed by atoms with Crippen molar-refractivity contribution in [3.8, 4) is 0 Å². The van der Waals surface area contributed by atoms with E-state index in [1.807, 2.05) is 43.3 Å². The predicted molar refractivity (Wildman–Crippen MR) is 114 cm³/mol. The van der Waals surface area contributed by atoms with Crippen molar-refractivity contribution in [2.75, 3.05) is 18.8 Å². The number of hydrogen-bond donors (Lipinski definition) is 1. The van der Waals surface area contributed by atoms with Crippen molar-refractivity contribution in [2.24, 2.45) is 0 Å². The Bertz CT molecular complexity index is 1170. The van der Waals surface area contributed by atoms with Gasteiger partial charge in [0.1, 0.15) is 12.6 Å². The summed E-state index contributed by atoms with van der Waals surface area (Å²) < 4.78 is 0. The van der Waals surface area contributed by atoms with Crippen LogP contribution in [0.4, 0.5) is 4.79 Å². The molecule has 2 aliphatic heterocycles.